The summed E-state index contributed by atoms with van der Waals surface area (Å²) < 4.78 is 10.8. The second-order valence-electron chi connectivity index (χ2n) is 9.05. The predicted molar refractivity (Wildman–Crippen MR) is 92.8 cm³/mol. The zero-order valence-corrected chi connectivity index (χ0v) is 16.2. The van der Waals surface area contributed by atoms with Gasteiger partial charge in [0.15, 0.2) is 0 Å². The standard InChI is InChI=1S/C18H33NO6/c1-16(2,3)14(22)24-10-18(11-25-15(23)17(4,5)6)8-13(21)7-12(9-20)19-18/h12-13,19-21H,7-11H2,1-6H3/t12-,13-/m1/s1. The first-order valence-corrected chi connectivity index (χ1v) is 8.70. The van der Waals surface area contributed by atoms with E-state index in [2.05, 4.69) is 5.32 Å². The van der Waals surface area contributed by atoms with Gasteiger partial charge in [-0.25, -0.2) is 0 Å². The van der Waals surface area contributed by atoms with Gasteiger partial charge in [-0.3, -0.25) is 9.59 Å². The number of nitrogens with one attached hydrogen (secondary N) is 1. The van der Waals surface area contributed by atoms with E-state index in [0.29, 0.717) is 6.42 Å². The third-order valence-corrected chi connectivity index (χ3v) is 4.10. The maximum atomic E-state index is 12.1. The van der Waals surface area contributed by atoms with Crippen molar-refractivity contribution in [3.63, 3.8) is 0 Å². The van der Waals surface area contributed by atoms with Crippen molar-refractivity contribution in [1.29, 1.82) is 0 Å². The van der Waals surface area contributed by atoms with Crippen LogP contribution in [-0.4, -0.2) is 59.7 Å². The lowest BCUT2D eigenvalue weighted by Gasteiger charge is -2.43. The Hall–Kier alpha value is -1.18. The molecule has 25 heavy (non-hydrogen) atoms. The highest BCUT2D eigenvalue weighted by Gasteiger charge is 2.43. The van der Waals surface area contributed by atoms with Gasteiger partial charge in [0.2, 0.25) is 0 Å². The largest absolute Gasteiger partial charge is 0.463 e. The van der Waals surface area contributed by atoms with Crippen LogP contribution in [-0.2, 0) is 19.1 Å². The van der Waals surface area contributed by atoms with Crippen LogP contribution >= 0.6 is 0 Å². The molecule has 0 aromatic rings. The van der Waals surface area contributed by atoms with Gasteiger partial charge in [0.25, 0.3) is 0 Å². The van der Waals surface area contributed by atoms with E-state index in [0.717, 1.165) is 0 Å². The number of rotatable bonds is 5. The lowest BCUT2D eigenvalue weighted by molar-refractivity contribution is -0.164. The number of hydrogen-bond donors (Lipinski definition) is 3. The molecule has 0 amide bonds. The summed E-state index contributed by atoms with van der Waals surface area (Å²) in [6.45, 7) is 10.2. The number of hydrogen-bond acceptors (Lipinski definition) is 7. The molecule has 1 saturated heterocycles. The van der Waals surface area contributed by atoms with Gasteiger partial charge >= 0.3 is 11.9 Å². The van der Waals surface area contributed by atoms with Crippen molar-refractivity contribution in [2.75, 3.05) is 19.8 Å². The third kappa shape index (κ3) is 6.56. The molecule has 7 nitrogen and oxygen atoms in total. The van der Waals surface area contributed by atoms with E-state index in [9.17, 15) is 19.8 Å². The fraction of sp³-hybridized carbons (Fsp3) is 0.889. The Morgan fingerprint density at radius 2 is 1.48 bits per heavy atom. The van der Waals surface area contributed by atoms with Crippen LogP contribution in [0.1, 0.15) is 54.4 Å². The van der Waals surface area contributed by atoms with Crippen LogP contribution in [0.3, 0.4) is 0 Å². The first-order chi connectivity index (χ1) is 11.3. The van der Waals surface area contributed by atoms with E-state index >= 15 is 0 Å². The predicted octanol–water partition coefficient (Wildman–Crippen LogP) is 1.01. The number of carbonyl (C=O) groups excluding carboxylic acids is 2. The molecule has 0 aromatic carbocycles. The van der Waals surface area contributed by atoms with Crippen molar-refractivity contribution in [1.82, 2.24) is 5.32 Å². The molecule has 146 valence electrons. The second kappa shape index (κ2) is 8.01. The second-order valence-corrected chi connectivity index (χ2v) is 9.05. The number of piperidine rings is 1. The SMILES string of the molecule is CC(C)(C)C(=O)OCC1(COC(=O)C(C)(C)C)C[C@H](O)C[C@H](CO)N1. The maximum absolute atomic E-state index is 12.1. The minimum atomic E-state index is -0.924. The molecule has 1 aliphatic heterocycles. The van der Waals surface area contributed by atoms with Gasteiger partial charge in [0.1, 0.15) is 13.2 Å². The minimum Gasteiger partial charge on any atom is -0.463 e. The molecule has 0 radical (unpaired) electrons. The van der Waals surface area contributed by atoms with E-state index in [1.165, 1.54) is 0 Å². The summed E-state index contributed by atoms with van der Waals surface area (Å²) in [5.74, 6) is -0.757. The maximum Gasteiger partial charge on any atom is 0.311 e. The molecule has 2 atom stereocenters. The topological polar surface area (TPSA) is 105 Å². The first kappa shape index (κ1) is 21.9. The van der Waals surface area contributed by atoms with Crippen LogP contribution in [0.2, 0.25) is 0 Å². The van der Waals surface area contributed by atoms with Gasteiger partial charge in [-0.2, -0.15) is 0 Å². The number of esters is 2. The van der Waals surface area contributed by atoms with Crippen molar-refractivity contribution in [3.05, 3.63) is 0 Å². The number of aliphatic hydroxyl groups is 2. The van der Waals surface area contributed by atoms with E-state index in [4.69, 9.17) is 9.47 Å². The summed E-state index contributed by atoms with van der Waals surface area (Å²) in [6, 6.07) is -0.356. The summed E-state index contributed by atoms with van der Waals surface area (Å²) >= 11 is 0. The monoisotopic (exact) mass is 359 g/mol. The van der Waals surface area contributed by atoms with Crippen molar-refractivity contribution in [3.8, 4) is 0 Å². The van der Waals surface area contributed by atoms with Crippen LogP contribution in [0.4, 0.5) is 0 Å². The zero-order valence-electron chi connectivity index (χ0n) is 16.2. The summed E-state index contributed by atoms with van der Waals surface area (Å²) in [6.07, 6.45) is -0.0307. The Morgan fingerprint density at radius 3 is 1.84 bits per heavy atom. The first-order valence-electron chi connectivity index (χ1n) is 8.70. The molecule has 0 unspecified atom stereocenters. The Bertz CT molecular complexity index is 447. The smallest absolute Gasteiger partial charge is 0.311 e. The molecule has 1 fully saturated rings. The minimum absolute atomic E-state index is 0.0475. The lowest BCUT2D eigenvalue weighted by atomic mass is 9.85. The Labute approximate surface area is 150 Å². The molecule has 0 aromatic heterocycles. The number of carbonyl (C=O) groups is 2. The van der Waals surface area contributed by atoms with Gasteiger partial charge in [-0.1, -0.05) is 0 Å². The zero-order chi connectivity index (χ0) is 19.5. The average molecular weight is 359 g/mol. The fourth-order valence-electron chi connectivity index (χ4n) is 2.62. The molecule has 0 bridgehead atoms. The average Bonchev–Trinajstić information content (AvgIpc) is 2.47. The summed E-state index contributed by atoms with van der Waals surface area (Å²) in [5, 5.41) is 22.8. The molecule has 1 aliphatic rings. The normalized spacial score (nSPS) is 23.8. The Balaban J connectivity index is 2.89. The fourth-order valence-corrected chi connectivity index (χ4v) is 2.62. The number of ether oxygens (including phenoxy) is 2. The van der Waals surface area contributed by atoms with Crippen molar-refractivity contribution in [2.45, 2.75) is 72.1 Å². The lowest BCUT2D eigenvalue weighted by Crippen LogP contribution is -2.63. The third-order valence-electron chi connectivity index (χ3n) is 4.10. The van der Waals surface area contributed by atoms with E-state index in [1.807, 2.05) is 0 Å². The van der Waals surface area contributed by atoms with Crippen LogP contribution in [0.15, 0.2) is 0 Å². The molecule has 0 spiro atoms. The molecule has 3 N–H and O–H groups in total. The van der Waals surface area contributed by atoms with E-state index in [1.54, 1.807) is 41.5 Å². The van der Waals surface area contributed by atoms with Crippen LogP contribution in [0.5, 0.6) is 0 Å². The highest BCUT2D eigenvalue weighted by atomic mass is 16.6. The molecular formula is C18H33NO6. The van der Waals surface area contributed by atoms with Crippen LogP contribution in [0.25, 0.3) is 0 Å². The van der Waals surface area contributed by atoms with Crippen molar-refractivity contribution < 1.29 is 29.3 Å². The van der Waals surface area contributed by atoms with Gasteiger partial charge < -0.3 is 25.0 Å². The van der Waals surface area contributed by atoms with Crippen LogP contribution < -0.4 is 5.32 Å². The quantitative estimate of drug-likeness (QED) is 0.629. The Kier molecular flexibility index (Phi) is 7.01. The van der Waals surface area contributed by atoms with Gasteiger partial charge in [0.05, 0.1) is 29.1 Å². The van der Waals surface area contributed by atoms with Gasteiger partial charge in [-0.15, -0.1) is 0 Å². The van der Waals surface area contributed by atoms with Gasteiger partial charge in [0, 0.05) is 6.04 Å². The van der Waals surface area contributed by atoms with E-state index in [-0.39, 0.29) is 44.2 Å². The molecule has 1 rings (SSSR count). The highest BCUT2D eigenvalue weighted by molar-refractivity contribution is 5.76. The molecule has 1 heterocycles. The summed E-state index contributed by atoms with van der Waals surface area (Å²) in [4.78, 5) is 24.2. The molecule has 7 heteroatoms. The molecular weight excluding hydrogens is 326 g/mol. The molecule has 0 saturated carbocycles. The van der Waals surface area contributed by atoms with Crippen molar-refractivity contribution >= 4 is 11.9 Å². The Morgan fingerprint density at radius 1 is 1.04 bits per heavy atom. The summed E-state index contributed by atoms with van der Waals surface area (Å²) in [7, 11) is 0. The van der Waals surface area contributed by atoms with Crippen LogP contribution in [0, 0.1) is 10.8 Å². The van der Waals surface area contributed by atoms with Crippen molar-refractivity contribution in [2.24, 2.45) is 10.8 Å². The summed E-state index contributed by atoms with van der Waals surface area (Å²) in [5.41, 5.74) is -2.24. The van der Waals surface area contributed by atoms with Gasteiger partial charge in [-0.05, 0) is 54.4 Å². The highest BCUT2D eigenvalue weighted by Crippen LogP contribution is 2.27. The number of aliphatic hydroxyl groups excluding tert-OH is 2. The van der Waals surface area contributed by atoms with E-state index < -0.39 is 22.5 Å². The molecule has 0 aliphatic carbocycles.